The molecule has 29 heavy (non-hydrogen) atoms. The highest BCUT2D eigenvalue weighted by Gasteiger charge is 2.27. The fourth-order valence-corrected chi connectivity index (χ4v) is 3.80. The van der Waals surface area contributed by atoms with E-state index >= 15 is 0 Å². The second-order valence-electron chi connectivity index (χ2n) is 7.98. The van der Waals surface area contributed by atoms with Crippen LogP contribution >= 0.6 is 0 Å². The maximum Gasteiger partial charge on any atom is 0.254 e. The van der Waals surface area contributed by atoms with E-state index in [4.69, 9.17) is 18.6 Å². The molecule has 3 heterocycles. The minimum Gasteiger partial charge on any atom is -0.468 e. The SMILES string of the molecule is CC(C)CN(CC1CN(Cc2ccco2)CCO1)C(=O)c1ccc2c(c1)OCO2. The number of rotatable bonds is 7. The van der Waals surface area contributed by atoms with Crippen LogP contribution in [0.2, 0.25) is 0 Å². The molecule has 1 unspecified atom stereocenters. The van der Waals surface area contributed by atoms with Crippen molar-refractivity contribution < 1.29 is 23.4 Å². The van der Waals surface area contributed by atoms with Crippen molar-refractivity contribution in [3.8, 4) is 11.5 Å². The van der Waals surface area contributed by atoms with Gasteiger partial charge in [0.25, 0.3) is 5.91 Å². The summed E-state index contributed by atoms with van der Waals surface area (Å²) < 4.78 is 22.2. The maximum atomic E-state index is 13.2. The van der Waals surface area contributed by atoms with Gasteiger partial charge >= 0.3 is 0 Å². The van der Waals surface area contributed by atoms with Gasteiger partial charge in [0.05, 0.1) is 25.5 Å². The van der Waals surface area contributed by atoms with E-state index < -0.39 is 0 Å². The van der Waals surface area contributed by atoms with Gasteiger partial charge in [-0.05, 0) is 36.2 Å². The van der Waals surface area contributed by atoms with Gasteiger partial charge < -0.3 is 23.5 Å². The molecule has 0 N–H and O–H groups in total. The van der Waals surface area contributed by atoms with Gasteiger partial charge in [-0.25, -0.2) is 0 Å². The summed E-state index contributed by atoms with van der Waals surface area (Å²) >= 11 is 0. The van der Waals surface area contributed by atoms with Crippen molar-refractivity contribution in [1.29, 1.82) is 0 Å². The van der Waals surface area contributed by atoms with Gasteiger partial charge in [0.1, 0.15) is 5.76 Å². The lowest BCUT2D eigenvalue weighted by Gasteiger charge is -2.36. The van der Waals surface area contributed by atoms with Crippen LogP contribution in [0.15, 0.2) is 41.0 Å². The first-order valence-electron chi connectivity index (χ1n) is 10.1. The number of nitrogens with zero attached hydrogens (tertiary/aromatic N) is 2. The van der Waals surface area contributed by atoms with Gasteiger partial charge in [-0.15, -0.1) is 0 Å². The number of carbonyl (C=O) groups is 1. The van der Waals surface area contributed by atoms with Gasteiger partial charge in [-0.2, -0.15) is 0 Å². The first kappa shape index (κ1) is 19.8. The van der Waals surface area contributed by atoms with Crippen LogP contribution in [0.3, 0.4) is 0 Å². The molecule has 0 aliphatic carbocycles. The first-order valence-corrected chi connectivity index (χ1v) is 10.1. The topological polar surface area (TPSA) is 64.4 Å². The van der Waals surface area contributed by atoms with Crippen molar-refractivity contribution in [2.45, 2.75) is 26.5 Å². The van der Waals surface area contributed by atoms with Crippen LogP contribution in [0, 0.1) is 5.92 Å². The molecule has 0 spiro atoms. The highest BCUT2D eigenvalue weighted by Crippen LogP contribution is 2.33. The molecule has 2 aliphatic rings. The van der Waals surface area contributed by atoms with E-state index in [-0.39, 0.29) is 18.8 Å². The summed E-state index contributed by atoms with van der Waals surface area (Å²) in [5.74, 6) is 2.60. The van der Waals surface area contributed by atoms with E-state index in [0.29, 0.717) is 42.7 Å². The Hall–Kier alpha value is -2.51. The quantitative estimate of drug-likeness (QED) is 0.712. The minimum absolute atomic E-state index is 0.0104. The second kappa shape index (κ2) is 8.88. The van der Waals surface area contributed by atoms with Gasteiger partial charge in [-0.3, -0.25) is 9.69 Å². The number of ether oxygens (including phenoxy) is 3. The zero-order chi connectivity index (χ0) is 20.2. The maximum absolute atomic E-state index is 13.2. The molecule has 1 aromatic heterocycles. The predicted octanol–water partition coefficient (Wildman–Crippen LogP) is 3.01. The average molecular weight is 400 g/mol. The van der Waals surface area contributed by atoms with Crippen molar-refractivity contribution in [2.24, 2.45) is 5.92 Å². The third-order valence-electron chi connectivity index (χ3n) is 5.10. The molecule has 0 radical (unpaired) electrons. The van der Waals surface area contributed by atoms with Gasteiger partial charge in [-0.1, -0.05) is 13.8 Å². The fourth-order valence-electron chi connectivity index (χ4n) is 3.80. The highest BCUT2D eigenvalue weighted by molar-refractivity contribution is 5.95. The molecular weight excluding hydrogens is 372 g/mol. The van der Waals surface area contributed by atoms with Gasteiger partial charge in [0.15, 0.2) is 11.5 Å². The van der Waals surface area contributed by atoms with E-state index in [9.17, 15) is 4.79 Å². The molecule has 1 fully saturated rings. The predicted molar refractivity (Wildman–Crippen MR) is 107 cm³/mol. The zero-order valence-electron chi connectivity index (χ0n) is 17.0. The van der Waals surface area contributed by atoms with E-state index in [1.165, 1.54) is 0 Å². The molecule has 1 saturated heterocycles. The molecule has 156 valence electrons. The lowest BCUT2D eigenvalue weighted by molar-refractivity contribution is -0.0452. The molecule has 1 atom stereocenters. The van der Waals surface area contributed by atoms with E-state index in [1.807, 2.05) is 17.0 Å². The Morgan fingerprint density at radius 3 is 2.90 bits per heavy atom. The van der Waals surface area contributed by atoms with Crippen LogP contribution in [-0.2, 0) is 11.3 Å². The van der Waals surface area contributed by atoms with Crippen molar-refractivity contribution in [3.63, 3.8) is 0 Å². The second-order valence-corrected chi connectivity index (χ2v) is 7.98. The molecule has 0 bridgehead atoms. The number of hydrogen-bond donors (Lipinski definition) is 0. The van der Waals surface area contributed by atoms with Crippen LogP contribution in [-0.4, -0.2) is 61.4 Å². The number of carbonyl (C=O) groups excluding carboxylic acids is 1. The van der Waals surface area contributed by atoms with Crippen molar-refractivity contribution in [2.75, 3.05) is 39.6 Å². The lowest BCUT2D eigenvalue weighted by atomic mass is 10.1. The normalized spacial score (nSPS) is 18.9. The molecule has 2 aromatic rings. The van der Waals surface area contributed by atoms with E-state index in [2.05, 4.69) is 18.7 Å². The molecule has 7 heteroatoms. The molecule has 7 nitrogen and oxygen atoms in total. The van der Waals surface area contributed by atoms with Crippen LogP contribution in [0.5, 0.6) is 11.5 Å². The molecule has 1 aromatic carbocycles. The number of benzene rings is 1. The number of furan rings is 1. The third-order valence-corrected chi connectivity index (χ3v) is 5.10. The van der Waals surface area contributed by atoms with Gasteiger partial charge in [0.2, 0.25) is 6.79 Å². The summed E-state index contributed by atoms with van der Waals surface area (Å²) in [7, 11) is 0. The Balaban J connectivity index is 1.43. The number of morpholine rings is 1. The number of fused-ring (bicyclic) bond motifs is 1. The molecule has 1 amide bonds. The largest absolute Gasteiger partial charge is 0.468 e. The van der Waals surface area contributed by atoms with Crippen molar-refractivity contribution >= 4 is 5.91 Å². The third kappa shape index (κ3) is 4.92. The van der Waals surface area contributed by atoms with E-state index in [0.717, 1.165) is 25.4 Å². The summed E-state index contributed by atoms with van der Waals surface area (Å²) in [6, 6.07) is 9.25. The smallest absolute Gasteiger partial charge is 0.254 e. The first-order chi connectivity index (χ1) is 14.1. The van der Waals surface area contributed by atoms with E-state index in [1.54, 1.807) is 24.5 Å². The average Bonchev–Trinajstić information content (AvgIpc) is 3.38. The molecule has 0 saturated carbocycles. The summed E-state index contributed by atoms with van der Waals surface area (Å²) in [6.07, 6.45) is 1.66. The van der Waals surface area contributed by atoms with Crippen molar-refractivity contribution in [3.05, 3.63) is 47.9 Å². The van der Waals surface area contributed by atoms with Crippen LogP contribution in [0.1, 0.15) is 30.0 Å². The Labute approximate surface area is 171 Å². The lowest BCUT2D eigenvalue weighted by Crippen LogP contribution is -2.49. The standard InChI is InChI=1S/C22H28N2O5/c1-16(2)11-24(22(25)17-5-6-20-21(10-17)29-15-28-20)14-19-13-23(7-9-27-19)12-18-4-3-8-26-18/h3-6,8,10,16,19H,7,9,11-15H2,1-2H3. The number of amides is 1. The monoisotopic (exact) mass is 400 g/mol. The highest BCUT2D eigenvalue weighted by atomic mass is 16.7. The summed E-state index contributed by atoms with van der Waals surface area (Å²) in [6.45, 7) is 8.69. The van der Waals surface area contributed by atoms with Crippen LogP contribution in [0.25, 0.3) is 0 Å². The van der Waals surface area contributed by atoms with Crippen LogP contribution < -0.4 is 9.47 Å². The summed E-state index contributed by atoms with van der Waals surface area (Å²) in [5.41, 5.74) is 0.609. The van der Waals surface area contributed by atoms with Gasteiger partial charge in [0, 0.05) is 31.7 Å². The zero-order valence-corrected chi connectivity index (χ0v) is 17.0. The molecule has 4 rings (SSSR count). The Morgan fingerprint density at radius 2 is 2.10 bits per heavy atom. The minimum atomic E-state index is -0.0320. The van der Waals surface area contributed by atoms with Crippen LogP contribution in [0.4, 0.5) is 0 Å². The molecule has 2 aliphatic heterocycles. The summed E-state index contributed by atoms with van der Waals surface area (Å²) in [4.78, 5) is 17.4. The molecular formula is C22H28N2O5. The Bertz CT molecular complexity index is 821. The van der Waals surface area contributed by atoms with Crippen molar-refractivity contribution in [1.82, 2.24) is 9.80 Å². The Morgan fingerprint density at radius 1 is 1.24 bits per heavy atom. The fraction of sp³-hybridized carbons (Fsp3) is 0.500. The summed E-state index contributed by atoms with van der Waals surface area (Å²) in [5, 5.41) is 0. The number of hydrogen-bond acceptors (Lipinski definition) is 6. The Kier molecular flexibility index (Phi) is 6.06.